The number of halogens is 1. The van der Waals surface area contributed by atoms with E-state index >= 15 is 0 Å². The number of carbonyl (C=O) groups excluding carboxylic acids is 1. The lowest BCUT2D eigenvalue weighted by Gasteiger charge is -2.15. The molecule has 0 aliphatic heterocycles. The lowest BCUT2D eigenvalue weighted by Crippen LogP contribution is -2.19. The highest BCUT2D eigenvalue weighted by molar-refractivity contribution is 6.33. The van der Waals surface area contributed by atoms with E-state index in [2.05, 4.69) is 0 Å². The fourth-order valence-corrected chi connectivity index (χ4v) is 2.80. The van der Waals surface area contributed by atoms with E-state index in [0.29, 0.717) is 5.52 Å². The minimum absolute atomic E-state index is 0.0648. The lowest BCUT2D eigenvalue weighted by molar-refractivity contribution is -0.384. The Morgan fingerprint density at radius 3 is 2.70 bits per heavy atom. The van der Waals surface area contributed by atoms with E-state index in [1.165, 1.54) is 12.1 Å². The second-order valence-electron chi connectivity index (χ2n) is 5.29. The molecule has 0 bridgehead atoms. The van der Waals surface area contributed by atoms with Crippen molar-refractivity contribution in [1.82, 2.24) is 4.57 Å². The maximum absolute atomic E-state index is 12.3. The topological polar surface area (TPSA) is 91.4 Å². The number of esters is 1. The molecule has 1 heterocycles. The largest absolute Gasteiger partial charge is 0.461 e. The molecule has 0 saturated heterocycles. The highest BCUT2D eigenvalue weighted by atomic mass is 35.5. The number of nitrogens with zero attached hydrogens (tertiary/aromatic N) is 2. The normalized spacial score (nSPS) is 14.0. The number of rotatable bonds is 4. The number of hydrogen-bond donors (Lipinski definition) is 0. The Morgan fingerprint density at radius 1 is 1.43 bits per heavy atom. The smallest absolute Gasteiger partial charge is 0.355 e. The van der Waals surface area contributed by atoms with Gasteiger partial charge in [-0.15, -0.1) is 0 Å². The molecule has 120 valence electrons. The van der Waals surface area contributed by atoms with Crippen LogP contribution in [0.5, 0.6) is 0 Å². The van der Waals surface area contributed by atoms with Crippen molar-refractivity contribution in [3.05, 3.63) is 49.3 Å². The molecule has 1 aliphatic rings. The standard InChI is InChI=1S/C15H13ClN2O5/c1-2-23-15(20)13-7-14(19)9-5-12(18(21)22)10(16)6-11(9)17(13)8-3-4-8/h5-8H,2-4H2,1H3. The number of hydrogen-bond acceptors (Lipinski definition) is 5. The van der Waals surface area contributed by atoms with Gasteiger partial charge in [0, 0.05) is 18.2 Å². The van der Waals surface area contributed by atoms with Gasteiger partial charge < -0.3 is 9.30 Å². The number of ether oxygens (including phenoxy) is 1. The summed E-state index contributed by atoms with van der Waals surface area (Å²) in [6.07, 6.45) is 1.72. The van der Waals surface area contributed by atoms with Crippen molar-refractivity contribution in [1.29, 1.82) is 0 Å². The molecule has 1 aromatic heterocycles. The summed E-state index contributed by atoms with van der Waals surface area (Å²) in [4.78, 5) is 34.8. The summed E-state index contributed by atoms with van der Waals surface area (Å²) in [7, 11) is 0. The molecule has 1 aromatic carbocycles. The molecule has 0 amide bonds. The van der Waals surface area contributed by atoms with E-state index in [1.807, 2.05) is 0 Å². The van der Waals surface area contributed by atoms with E-state index in [0.717, 1.165) is 18.9 Å². The third-order valence-electron chi connectivity index (χ3n) is 3.71. The molecule has 0 spiro atoms. The van der Waals surface area contributed by atoms with E-state index in [-0.39, 0.29) is 34.4 Å². The zero-order chi connectivity index (χ0) is 16.7. The molecule has 8 heteroatoms. The van der Waals surface area contributed by atoms with Crippen LogP contribution < -0.4 is 5.43 Å². The Labute approximate surface area is 135 Å². The third kappa shape index (κ3) is 2.68. The van der Waals surface area contributed by atoms with E-state index < -0.39 is 16.3 Å². The van der Waals surface area contributed by atoms with E-state index in [1.54, 1.807) is 11.5 Å². The van der Waals surface area contributed by atoms with Gasteiger partial charge in [0.1, 0.15) is 10.7 Å². The minimum atomic E-state index is -0.637. The quantitative estimate of drug-likeness (QED) is 0.486. The monoisotopic (exact) mass is 336 g/mol. The lowest BCUT2D eigenvalue weighted by atomic mass is 10.1. The van der Waals surface area contributed by atoms with Crippen LogP contribution in [-0.2, 0) is 4.74 Å². The first-order valence-electron chi connectivity index (χ1n) is 7.14. The van der Waals surface area contributed by atoms with Gasteiger partial charge >= 0.3 is 5.97 Å². The van der Waals surface area contributed by atoms with Crippen molar-refractivity contribution in [3.63, 3.8) is 0 Å². The van der Waals surface area contributed by atoms with Crippen LogP contribution in [0, 0.1) is 10.1 Å². The van der Waals surface area contributed by atoms with Crippen molar-refractivity contribution in [2.45, 2.75) is 25.8 Å². The van der Waals surface area contributed by atoms with Crippen molar-refractivity contribution >= 4 is 34.2 Å². The van der Waals surface area contributed by atoms with Gasteiger partial charge in [0.2, 0.25) is 0 Å². The molecule has 7 nitrogen and oxygen atoms in total. The molecule has 0 N–H and O–H groups in total. The van der Waals surface area contributed by atoms with Gasteiger partial charge in [-0.1, -0.05) is 11.6 Å². The Hall–Kier alpha value is -2.41. The Morgan fingerprint density at radius 2 is 2.13 bits per heavy atom. The summed E-state index contributed by atoms with van der Waals surface area (Å²) in [6, 6.07) is 3.77. The van der Waals surface area contributed by atoms with Gasteiger partial charge in [0.25, 0.3) is 5.69 Å². The molecule has 0 radical (unpaired) electrons. The third-order valence-corrected chi connectivity index (χ3v) is 4.01. The zero-order valence-corrected chi connectivity index (χ0v) is 13.0. The second kappa shape index (κ2) is 5.66. The van der Waals surface area contributed by atoms with Gasteiger partial charge in [-0.05, 0) is 25.8 Å². The van der Waals surface area contributed by atoms with E-state index in [4.69, 9.17) is 16.3 Å². The van der Waals surface area contributed by atoms with Crippen LogP contribution in [0.15, 0.2) is 23.0 Å². The molecular formula is C15H13ClN2O5. The van der Waals surface area contributed by atoms with Gasteiger partial charge in [0.15, 0.2) is 5.43 Å². The number of carbonyl (C=O) groups is 1. The van der Waals surface area contributed by atoms with E-state index in [9.17, 15) is 19.7 Å². The Balaban J connectivity index is 2.34. The minimum Gasteiger partial charge on any atom is -0.461 e. The predicted molar refractivity (Wildman–Crippen MR) is 84.1 cm³/mol. The van der Waals surface area contributed by atoms with Crippen molar-refractivity contribution in [2.24, 2.45) is 0 Å². The molecule has 23 heavy (non-hydrogen) atoms. The molecule has 1 saturated carbocycles. The highest BCUT2D eigenvalue weighted by Crippen LogP contribution is 2.39. The Kier molecular flexibility index (Phi) is 3.81. The highest BCUT2D eigenvalue weighted by Gasteiger charge is 2.30. The maximum Gasteiger partial charge on any atom is 0.355 e. The SMILES string of the molecule is CCOC(=O)c1cc(=O)c2cc([N+](=O)[O-])c(Cl)cc2n1C1CC1. The first-order valence-corrected chi connectivity index (χ1v) is 7.52. The Bertz CT molecular complexity index is 886. The number of nitro benzene ring substituents is 1. The number of fused-ring (bicyclic) bond motifs is 1. The van der Waals surface area contributed by atoms with Crippen LogP contribution in [0.25, 0.3) is 10.9 Å². The summed E-state index contributed by atoms with van der Waals surface area (Å²) in [5, 5.41) is 11.1. The predicted octanol–water partition coefficient (Wildman–Crippen LogP) is 3.07. The summed E-state index contributed by atoms with van der Waals surface area (Å²) in [5.41, 5.74) is -0.238. The van der Waals surface area contributed by atoms with Gasteiger partial charge in [0.05, 0.1) is 22.4 Å². The zero-order valence-electron chi connectivity index (χ0n) is 12.2. The molecular weight excluding hydrogens is 324 g/mol. The summed E-state index contributed by atoms with van der Waals surface area (Å²) in [5.74, 6) is -0.590. The van der Waals surface area contributed by atoms with Crippen LogP contribution >= 0.6 is 11.6 Å². The van der Waals surface area contributed by atoms with Crippen LogP contribution in [0.3, 0.4) is 0 Å². The summed E-state index contributed by atoms with van der Waals surface area (Å²) in [6.45, 7) is 1.87. The average Bonchev–Trinajstić information content (AvgIpc) is 3.30. The fraction of sp³-hybridized carbons (Fsp3) is 0.333. The van der Waals surface area contributed by atoms with Gasteiger partial charge in [-0.2, -0.15) is 0 Å². The molecule has 0 atom stereocenters. The number of pyridine rings is 1. The number of benzene rings is 1. The van der Waals surface area contributed by atoms with Crippen molar-refractivity contribution in [2.75, 3.05) is 6.61 Å². The molecule has 2 aromatic rings. The van der Waals surface area contributed by atoms with Crippen molar-refractivity contribution in [3.8, 4) is 0 Å². The van der Waals surface area contributed by atoms with Crippen LogP contribution in [0.2, 0.25) is 5.02 Å². The fourth-order valence-electron chi connectivity index (χ4n) is 2.58. The van der Waals surface area contributed by atoms with Crippen LogP contribution in [0.4, 0.5) is 5.69 Å². The molecule has 0 unspecified atom stereocenters. The van der Waals surface area contributed by atoms with Crippen LogP contribution in [0.1, 0.15) is 36.3 Å². The molecule has 1 fully saturated rings. The van der Waals surface area contributed by atoms with Gasteiger partial charge in [-0.3, -0.25) is 14.9 Å². The second-order valence-corrected chi connectivity index (χ2v) is 5.70. The van der Waals surface area contributed by atoms with Crippen LogP contribution in [-0.4, -0.2) is 22.1 Å². The van der Waals surface area contributed by atoms with Gasteiger partial charge in [-0.25, -0.2) is 4.79 Å². The summed E-state index contributed by atoms with van der Waals surface area (Å²) < 4.78 is 6.70. The van der Waals surface area contributed by atoms with Crippen molar-refractivity contribution < 1.29 is 14.5 Å². The first kappa shape index (κ1) is 15.5. The average molecular weight is 337 g/mol. The first-order chi connectivity index (χ1) is 10.9. The molecule has 1 aliphatic carbocycles. The maximum atomic E-state index is 12.3. The number of nitro groups is 1. The summed E-state index contributed by atoms with van der Waals surface area (Å²) >= 11 is 5.97. The number of aromatic nitrogens is 1. The molecule has 3 rings (SSSR count).